The molecule has 1 spiro atoms. The Bertz CT molecular complexity index is 774. The first kappa shape index (κ1) is 19.3. The van der Waals surface area contributed by atoms with E-state index < -0.39 is 0 Å². The number of rotatable bonds is 6. The summed E-state index contributed by atoms with van der Waals surface area (Å²) in [5, 5.41) is 0. The molecule has 2 aliphatic heterocycles. The van der Waals surface area contributed by atoms with Gasteiger partial charge < -0.3 is 19.1 Å². The Morgan fingerprint density at radius 3 is 3.00 bits per heavy atom. The first-order valence-corrected chi connectivity index (χ1v) is 10.5. The number of methoxy groups -OCH3 is 1. The molecule has 5 heteroatoms. The van der Waals surface area contributed by atoms with Gasteiger partial charge in [-0.1, -0.05) is 31.9 Å². The van der Waals surface area contributed by atoms with Crippen LogP contribution in [0.15, 0.2) is 24.3 Å². The van der Waals surface area contributed by atoms with Gasteiger partial charge in [0.2, 0.25) is 0 Å². The number of ether oxygens (including phenoxy) is 3. The third kappa shape index (κ3) is 3.30. The second kappa shape index (κ2) is 7.78. The molecule has 1 unspecified atom stereocenters. The fourth-order valence-electron chi connectivity index (χ4n) is 4.90. The summed E-state index contributed by atoms with van der Waals surface area (Å²) in [6.07, 6.45) is 9.34. The lowest BCUT2D eigenvalue weighted by Crippen LogP contribution is -2.43. The molecule has 152 valence electrons. The number of carbonyl (C=O) groups excluding carboxylic acids is 1. The highest BCUT2D eigenvalue weighted by molar-refractivity contribution is 5.70. The highest BCUT2D eigenvalue weighted by Crippen LogP contribution is 2.55. The predicted molar refractivity (Wildman–Crippen MR) is 108 cm³/mol. The van der Waals surface area contributed by atoms with Gasteiger partial charge in [-0.15, -0.1) is 0 Å². The zero-order valence-electron chi connectivity index (χ0n) is 17.2. The van der Waals surface area contributed by atoms with Crippen molar-refractivity contribution in [1.82, 2.24) is 4.90 Å². The van der Waals surface area contributed by atoms with Gasteiger partial charge in [-0.2, -0.15) is 0 Å². The molecule has 1 aromatic rings. The molecule has 1 aromatic carbocycles. The largest absolute Gasteiger partial charge is 0.493 e. The number of hydrogen-bond donors (Lipinski definition) is 0. The molecule has 0 amide bonds. The molecule has 3 atom stereocenters. The Kier molecular flexibility index (Phi) is 5.37. The van der Waals surface area contributed by atoms with Crippen LogP contribution in [0.3, 0.4) is 0 Å². The highest BCUT2D eigenvalue weighted by Gasteiger charge is 2.53. The molecule has 0 bridgehead atoms. The molecular formula is C23H31NO4. The van der Waals surface area contributed by atoms with E-state index in [4.69, 9.17) is 14.2 Å². The average Bonchev–Trinajstić information content (AvgIpc) is 2.94. The lowest BCUT2D eigenvalue weighted by atomic mass is 9.69. The average molecular weight is 386 g/mol. The van der Waals surface area contributed by atoms with Crippen molar-refractivity contribution >= 4 is 5.97 Å². The SMILES string of the molecule is CCCCCC(=O)O[C@H]1C=CC23CCN(C)Cc4ccc(OC)c(c42)O[C@H]3C1. The molecule has 0 saturated carbocycles. The van der Waals surface area contributed by atoms with Gasteiger partial charge in [0.05, 0.1) is 12.5 Å². The molecule has 0 N–H and O–H groups in total. The van der Waals surface area contributed by atoms with E-state index in [0.29, 0.717) is 12.8 Å². The van der Waals surface area contributed by atoms with E-state index in [1.807, 2.05) is 6.07 Å². The monoisotopic (exact) mass is 385 g/mol. The molecule has 28 heavy (non-hydrogen) atoms. The van der Waals surface area contributed by atoms with Crippen molar-refractivity contribution in [3.63, 3.8) is 0 Å². The zero-order chi connectivity index (χ0) is 19.7. The zero-order valence-corrected chi connectivity index (χ0v) is 17.2. The predicted octanol–water partition coefficient (Wildman–Crippen LogP) is 3.98. The van der Waals surface area contributed by atoms with Gasteiger partial charge in [0, 0.05) is 24.9 Å². The van der Waals surface area contributed by atoms with Crippen molar-refractivity contribution in [1.29, 1.82) is 0 Å². The van der Waals surface area contributed by atoms with Crippen LogP contribution < -0.4 is 9.47 Å². The van der Waals surface area contributed by atoms with Crippen molar-refractivity contribution < 1.29 is 19.0 Å². The first-order valence-electron chi connectivity index (χ1n) is 10.5. The van der Waals surface area contributed by atoms with Crippen molar-refractivity contribution in [3.05, 3.63) is 35.4 Å². The Labute approximate surface area is 167 Å². The van der Waals surface area contributed by atoms with E-state index in [1.54, 1.807) is 7.11 Å². The van der Waals surface area contributed by atoms with E-state index in [0.717, 1.165) is 50.3 Å². The summed E-state index contributed by atoms with van der Waals surface area (Å²) < 4.78 is 17.8. The molecule has 3 aliphatic rings. The highest BCUT2D eigenvalue weighted by atomic mass is 16.6. The summed E-state index contributed by atoms with van der Waals surface area (Å²) in [6.45, 7) is 4.05. The number of nitrogens with zero attached hydrogens (tertiary/aromatic N) is 1. The second-order valence-electron chi connectivity index (χ2n) is 8.35. The van der Waals surface area contributed by atoms with Gasteiger partial charge >= 0.3 is 5.97 Å². The van der Waals surface area contributed by atoms with E-state index in [9.17, 15) is 4.79 Å². The van der Waals surface area contributed by atoms with Gasteiger partial charge in [-0.25, -0.2) is 0 Å². The third-order valence-corrected chi connectivity index (χ3v) is 6.40. The van der Waals surface area contributed by atoms with Crippen molar-refractivity contribution in [2.45, 2.75) is 69.6 Å². The Hall–Kier alpha value is -2.01. The van der Waals surface area contributed by atoms with Gasteiger partial charge in [0.1, 0.15) is 12.2 Å². The minimum absolute atomic E-state index is 0.0255. The minimum atomic E-state index is -0.213. The maximum Gasteiger partial charge on any atom is 0.306 e. The van der Waals surface area contributed by atoms with E-state index in [2.05, 4.69) is 37.1 Å². The molecule has 0 aromatic heterocycles. The Morgan fingerprint density at radius 2 is 2.21 bits per heavy atom. The van der Waals surface area contributed by atoms with Crippen LogP contribution in [0.1, 0.15) is 56.6 Å². The Morgan fingerprint density at radius 1 is 1.36 bits per heavy atom. The van der Waals surface area contributed by atoms with Crippen molar-refractivity contribution in [3.8, 4) is 11.5 Å². The number of unbranched alkanes of at least 4 members (excludes halogenated alkanes) is 2. The normalized spacial score (nSPS) is 28.1. The Balaban J connectivity index is 1.60. The number of benzene rings is 1. The van der Waals surface area contributed by atoms with E-state index >= 15 is 0 Å². The van der Waals surface area contributed by atoms with Crippen LogP contribution >= 0.6 is 0 Å². The first-order chi connectivity index (χ1) is 13.6. The van der Waals surface area contributed by atoms with Gasteiger partial charge in [-0.05, 0) is 44.1 Å². The summed E-state index contributed by atoms with van der Waals surface area (Å²) in [5.74, 6) is 1.56. The minimum Gasteiger partial charge on any atom is -0.493 e. The lowest BCUT2D eigenvalue weighted by molar-refractivity contribution is -0.148. The fraction of sp³-hybridized carbons (Fsp3) is 0.609. The maximum atomic E-state index is 12.2. The molecule has 2 heterocycles. The van der Waals surface area contributed by atoms with E-state index in [1.165, 1.54) is 11.1 Å². The summed E-state index contributed by atoms with van der Waals surface area (Å²) in [6, 6.07) is 4.17. The smallest absolute Gasteiger partial charge is 0.306 e. The van der Waals surface area contributed by atoms with E-state index in [-0.39, 0.29) is 23.6 Å². The van der Waals surface area contributed by atoms with Crippen LogP contribution in [0.4, 0.5) is 0 Å². The van der Waals surface area contributed by atoms with Crippen molar-refractivity contribution in [2.24, 2.45) is 0 Å². The fourth-order valence-corrected chi connectivity index (χ4v) is 4.90. The standard InChI is InChI=1S/C23H31NO4/c1-4-5-6-7-20(25)27-17-10-11-23-12-13-24(2)15-16-8-9-18(26-3)22(21(16)23)28-19(23)14-17/h8-11,17,19H,4-7,12-15H2,1-3H3/t17-,19-,23?/m0/s1. The topological polar surface area (TPSA) is 48.0 Å². The van der Waals surface area contributed by atoms with Crippen LogP contribution in [-0.4, -0.2) is 43.8 Å². The van der Waals surface area contributed by atoms with Gasteiger partial charge in [0.15, 0.2) is 11.5 Å². The maximum absolute atomic E-state index is 12.2. The quantitative estimate of drug-likeness (QED) is 0.421. The second-order valence-corrected chi connectivity index (χ2v) is 8.35. The third-order valence-electron chi connectivity index (χ3n) is 6.40. The molecule has 5 nitrogen and oxygen atoms in total. The molecule has 1 aliphatic carbocycles. The van der Waals surface area contributed by atoms with Gasteiger partial charge in [-0.3, -0.25) is 4.79 Å². The van der Waals surface area contributed by atoms with Crippen LogP contribution in [0.2, 0.25) is 0 Å². The summed E-state index contributed by atoms with van der Waals surface area (Å²) in [7, 11) is 3.85. The van der Waals surface area contributed by atoms with Crippen LogP contribution in [0.25, 0.3) is 0 Å². The van der Waals surface area contributed by atoms with Crippen LogP contribution in [0.5, 0.6) is 11.5 Å². The molecule has 0 radical (unpaired) electrons. The summed E-state index contributed by atoms with van der Waals surface area (Å²) in [4.78, 5) is 14.5. The summed E-state index contributed by atoms with van der Waals surface area (Å²) in [5.41, 5.74) is 2.41. The molecule has 0 saturated heterocycles. The number of esters is 1. The van der Waals surface area contributed by atoms with Gasteiger partial charge in [0.25, 0.3) is 0 Å². The van der Waals surface area contributed by atoms with Crippen LogP contribution in [-0.2, 0) is 21.5 Å². The molecule has 0 fully saturated rings. The number of carbonyl (C=O) groups is 1. The molecular weight excluding hydrogens is 354 g/mol. The molecule has 4 rings (SSSR count). The lowest BCUT2D eigenvalue weighted by Gasteiger charge is -2.36. The summed E-state index contributed by atoms with van der Waals surface area (Å²) >= 11 is 0. The number of hydrogen-bond acceptors (Lipinski definition) is 5. The van der Waals surface area contributed by atoms with Crippen LogP contribution in [0, 0.1) is 0 Å². The van der Waals surface area contributed by atoms with Crippen molar-refractivity contribution in [2.75, 3.05) is 20.7 Å².